The number of H-pyrrole nitrogens is 1. The molecule has 1 aromatic heterocycles. The molecule has 1 heterocycles. The summed E-state index contributed by atoms with van der Waals surface area (Å²) in [5.41, 5.74) is 3.22. The molecule has 0 fully saturated rings. The Morgan fingerprint density at radius 2 is 1.85 bits per heavy atom. The molecule has 1 N–H and O–H groups in total. The third-order valence-electron chi connectivity index (χ3n) is 4.00. The van der Waals surface area contributed by atoms with Crippen molar-refractivity contribution in [1.82, 2.24) is 14.9 Å². The van der Waals surface area contributed by atoms with Crippen LogP contribution in [0.3, 0.4) is 0 Å². The summed E-state index contributed by atoms with van der Waals surface area (Å²) >= 11 is 5.32. The lowest BCUT2D eigenvalue weighted by Crippen LogP contribution is -1.96. The summed E-state index contributed by atoms with van der Waals surface area (Å²) in [5, 5.41) is 11.6. The van der Waals surface area contributed by atoms with Gasteiger partial charge in [-0.2, -0.15) is 14.9 Å². The molecule has 3 rings (SSSR count). The zero-order chi connectivity index (χ0) is 18.5. The largest absolute Gasteiger partial charge is 0.494 e. The van der Waals surface area contributed by atoms with Gasteiger partial charge < -0.3 is 4.74 Å². The monoisotopic (exact) mass is 366 g/mol. The van der Waals surface area contributed by atoms with Crippen LogP contribution < -0.4 is 4.74 Å². The molecule has 0 bridgehead atoms. The topological polar surface area (TPSA) is 55.2 Å². The van der Waals surface area contributed by atoms with Crippen LogP contribution >= 0.6 is 12.2 Å². The van der Waals surface area contributed by atoms with Crippen molar-refractivity contribution in [2.45, 2.75) is 26.7 Å². The maximum atomic E-state index is 5.48. The van der Waals surface area contributed by atoms with Crippen LogP contribution in [0.1, 0.15) is 37.8 Å². The molecule has 0 aliphatic rings. The molecule has 0 spiro atoms. The minimum Gasteiger partial charge on any atom is -0.494 e. The number of rotatable bonds is 6. The first-order valence-electron chi connectivity index (χ1n) is 8.63. The summed E-state index contributed by atoms with van der Waals surface area (Å²) in [7, 11) is 0. The minimum absolute atomic E-state index is 0.448. The molecule has 3 aromatic rings. The van der Waals surface area contributed by atoms with Crippen molar-refractivity contribution >= 4 is 18.4 Å². The van der Waals surface area contributed by atoms with Gasteiger partial charge in [-0.25, -0.2) is 5.10 Å². The van der Waals surface area contributed by atoms with Gasteiger partial charge in [0.05, 0.1) is 12.8 Å². The summed E-state index contributed by atoms with van der Waals surface area (Å²) in [4.78, 5) is 0. The van der Waals surface area contributed by atoms with Crippen LogP contribution in [0.4, 0.5) is 0 Å². The van der Waals surface area contributed by atoms with E-state index in [0.29, 0.717) is 23.1 Å². The maximum absolute atomic E-state index is 5.48. The number of nitrogens with one attached hydrogen (secondary N) is 1. The molecular formula is C20H22N4OS. The van der Waals surface area contributed by atoms with Gasteiger partial charge in [0, 0.05) is 5.56 Å². The van der Waals surface area contributed by atoms with E-state index in [4.69, 9.17) is 17.0 Å². The third-order valence-corrected chi connectivity index (χ3v) is 4.26. The summed E-state index contributed by atoms with van der Waals surface area (Å²) in [5.74, 6) is 1.99. The highest BCUT2D eigenvalue weighted by atomic mass is 32.1. The third kappa shape index (κ3) is 4.08. The average molecular weight is 366 g/mol. The second kappa shape index (κ2) is 8.10. The van der Waals surface area contributed by atoms with Crippen LogP contribution in [0.2, 0.25) is 0 Å². The Labute approximate surface area is 158 Å². The zero-order valence-electron chi connectivity index (χ0n) is 15.1. The van der Waals surface area contributed by atoms with Crippen molar-refractivity contribution in [3.8, 4) is 17.1 Å². The normalized spacial score (nSPS) is 11.4. The van der Waals surface area contributed by atoms with Crippen LogP contribution in [0.25, 0.3) is 11.4 Å². The molecule has 0 aliphatic carbocycles. The number of benzene rings is 2. The smallest absolute Gasteiger partial charge is 0.216 e. The fourth-order valence-corrected chi connectivity index (χ4v) is 2.72. The highest BCUT2D eigenvalue weighted by molar-refractivity contribution is 7.71. The number of hydrogen-bond acceptors (Lipinski definition) is 4. The van der Waals surface area contributed by atoms with E-state index in [1.165, 1.54) is 5.56 Å². The van der Waals surface area contributed by atoms with Gasteiger partial charge in [-0.15, -0.1) is 0 Å². The number of nitrogens with zero attached hydrogens (tertiary/aromatic N) is 3. The van der Waals surface area contributed by atoms with E-state index in [9.17, 15) is 0 Å². The second-order valence-electron chi connectivity index (χ2n) is 6.19. The van der Waals surface area contributed by atoms with Crippen LogP contribution in [-0.4, -0.2) is 27.7 Å². The molecule has 5 nitrogen and oxygen atoms in total. The summed E-state index contributed by atoms with van der Waals surface area (Å²) in [6.07, 6.45) is 1.79. The number of ether oxygens (including phenoxy) is 1. The predicted molar refractivity (Wildman–Crippen MR) is 108 cm³/mol. The van der Waals surface area contributed by atoms with Crippen molar-refractivity contribution in [1.29, 1.82) is 0 Å². The van der Waals surface area contributed by atoms with Crippen LogP contribution in [0.15, 0.2) is 53.6 Å². The van der Waals surface area contributed by atoms with Gasteiger partial charge in [0.25, 0.3) is 0 Å². The molecule has 0 aliphatic heterocycles. The first kappa shape index (κ1) is 18.1. The van der Waals surface area contributed by atoms with Gasteiger partial charge in [-0.3, -0.25) is 0 Å². The maximum Gasteiger partial charge on any atom is 0.216 e. The van der Waals surface area contributed by atoms with Gasteiger partial charge >= 0.3 is 0 Å². The van der Waals surface area contributed by atoms with Crippen molar-refractivity contribution in [3.05, 3.63) is 64.4 Å². The van der Waals surface area contributed by atoms with E-state index in [-0.39, 0.29) is 0 Å². The fraction of sp³-hybridized carbons (Fsp3) is 0.250. The zero-order valence-corrected chi connectivity index (χ0v) is 16.0. The van der Waals surface area contributed by atoms with Gasteiger partial charge in [-0.1, -0.05) is 38.1 Å². The van der Waals surface area contributed by atoms with Gasteiger partial charge in [0.1, 0.15) is 5.75 Å². The lowest BCUT2D eigenvalue weighted by molar-refractivity contribution is 0.340. The molecule has 0 radical (unpaired) electrons. The molecule has 26 heavy (non-hydrogen) atoms. The standard InChI is InChI=1S/C20H22N4OS/c1-4-25-18-11-9-17(10-12-18)19-22-23-20(26)24(19)21-13-15-5-7-16(8-6-15)14(2)3/h5-14H,4H2,1-3H3,(H,23,26)/b21-13-. The Kier molecular flexibility index (Phi) is 5.63. The van der Waals surface area contributed by atoms with Crippen molar-refractivity contribution in [2.75, 3.05) is 6.61 Å². The molecule has 0 atom stereocenters. The number of aromatic amines is 1. The Balaban J connectivity index is 1.86. The molecule has 2 aromatic carbocycles. The SMILES string of the molecule is CCOc1ccc(-c2n[nH]c(=S)n2/N=C\c2ccc(C(C)C)cc2)cc1. The highest BCUT2D eigenvalue weighted by Gasteiger charge is 2.08. The lowest BCUT2D eigenvalue weighted by atomic mass is 10.0. The highest BCUT2D eigenvalue weighted by Crippen LogP contribution is 2.21. The minimum atomic E-state index is 0.448. The number of aromatic nitrogens is 3. The van der Waals surface area contributed by atoms with Crippen molar-refractivity contribution in [3.63, 3.8) is 0 Å². The average Bonchev–Trinajstić information content (AvgIpc) is 3.02. The van der Waals surface area contributed by atoms with Crippen LogP contribution in [0.5, 0.6) is 5.75 Å². The van der Waals surface area contributed by atoms with E-state index in [0.717, 1.165) is 16.9 Å². The molecule has 0 saturated carbocycles. The first-order chi connectivity index (χ1) is 12.6. The summed E-state index contributed by atoms with van der Waals surface area (Å²) in [6, 6.07) is 16.1. The Bertz CT molecular complexity index is 937. The Hall–Kier alpha value is -2.73. The van der Waals surface area contributed by atoms with E-state index >= 15 is 0 Å². The quantitative estimate of drug-likeness (QED) is 0.493. The van der Waals surface area contributed by atoms with Crippen molar-refractivity contribution in [2.24, 2.45) is 5.10 Å². The van der Waals surface area contributed by atoms with Gasteiger partial charge in [0.2, 0.25) is 4.77 Å². The van der Waals surface area contributed by atoms with Gasteiger partial charge in [-0.05, 0) is 60.5 Å². The number of hydrogen-bond donors (Lipinski definition) is 1. The van der Waals surface area contributed by atoms with Crippen molar-refractivity contribution < 1.29 is 4.74 Å². The van der Waals surface area contributed by atoms with E-state index < -0.39 is 0 Å². The van der Waals surface area contributed by atoms with Crippen LogP contribution in [0, 0.1) is 4.77 Å². The molecule has 134 valence electrons. The van der Waals surface area contributed by atoms with E-state index in [1.54, 1.807) is 10.9 Å². The molecule has 6 heteroatoms. The molecule has 0 saturated heterocycles. The Morgan fingerprint density at radius 1 is 1.15 bits per heavy atom. The fourth-order valence-electron chi connectivity index (χ4n) is 2.54. The molecular weight excluding hydrogens is 344 g/mol. The van der Waals surface area contributed by atoms with Crippen LogP contribution in [-0.2, 0) is 0 Å². The Morgan fingerprint density at radius 3 is 2.46 bits per heavy atom. The first-order valence-corrected chi connectivity index (χ1v) is 9.04. The van der Waals surface area contributed by atoms with E-state index in [1.807, 2.05) is 31.2 Å². The second-order valence-corrected chi connectivity index (χ2v) is 6.57. The summed E-state index contributed by atoms with van der Waals surface area (Å²) in [6.45, 7) is 6.95. The van der Waals surface area contributed by atoms with E-state index in [2.05, 4.69) is 53.4 Å². The summed E-state index contributed by atoms with van der Waals surface area (Å²) < 4.78 is 7.55. The van der Waals surface area contributed by atoms with Gasteiger partial charge in [0.15, 0.2) is 5.82 Å². The molecule has 0 amide bonds. The molecule has 0 unspecified atom stereocenters. The predicted octanol–water partition coefficient (Wildman–Crippen LogP) is 5.01. The lowest BCUT2D eigenvalue weighted by Gasteiger charge is -2.05.